The molecular formula is C39H39N3O5S3. The highest BCUT2D eigenvalue weighted by Gasteiger charge is 2.28. The van der Waals surface area contributed by atoms with Gasteiger partial charge in [0.15, 0.2) is 6.54 Å². The molecule has 0 saturated heterocycles. The van der Waals surface area contributed by atoms with E-state index in [2.05, 4.69) is 93.9 Å². The first kappa shape index (κ1) is 34.3. The summed E-state index contributed by atoms with van der Waals surface area (Å²) in [7, 11) is -4.41. The summed E-state index contributed by atoms with van der Waals surface area (Å²) in [5, 5.41) is 11.5. The first-order valence-electron chi connectivity index (χ1n) is 16.9. The van der Waals surface area contributed by atoms with Crippen molar-refractivity contribution in [2.24, 2.45) is 5.92 Å². The zero-order chi connectivity index (χ0) is 35.0. The predicted molar refractivity (Wildman–Crippen MR) is 202 cm³/mol. The summed E-state index contributed by atoms with van der Waals surface area (Å²) >= 11 is 3.39. The van der Waals surface area contributed by atoms with E-state index < -0.39 is 21.3 Å². The summed E-state index contributed by atoms with van der Waals surface area (Å²) in [6.45, 7) is 4.78. The molecule has 2 unspecified atom stereocenters. The number of carbonyl (C=O) groups is 1. The zero-order valence-corrected chi connectivity index (χ0v) is 30.4. The first-order valence-corrected chi connectivity index (χ1v) is 20.0. The van der Waals surface area contributed by atoms with Gasteiger partial charge in [0, 0.05) is 47.1 Å². The van der Waals surface area contributed by atoms with Gasteiger partial charge < -0.3 is 19.1 Å². The van der Waals surface area contributed by atoms with Crippen LogP contribution in [-0.2, 0) is 21.5 Å². The Kier molecular flexibility index (Phi) is 9.76. The Balaban J connectivity index is 1.24. The average Bonchev–Trinajstić information content (AvgIpc) is 3.75. The largest absolute Gasteiger partial charge is 0.748 e. The Morgan fingerprint density at radius 2 is 1.88 bits per heavy atom. The number of fused-ring (bicyclic) bond motifs is 3. The summed E-state index contributed by atoms with van der Waals surface area (Å²) in [6.07, 6.45) is 11.5. The lowest BCUT2D eigenvalue weighted by molar-refractivity contribution is -0.669. The molecule has 8 nitrogen and oxygen atoms in total. The summed E-state index contributed by atoms with van der Waals surface area (Å²) in [4.78, 5) is 14.5. The van der Waals surface area contributed by atoms with Crippen LogP contribution in [0.25, 0.3) is 32.9 Å². The summed E-state index contributed by atoms with van der Waals surface area (Å²) < 4.78 is 41.2. The Labute approximate surface area is 300 Å². The fraction of sp³-hybridized carbons (Fsp3) is 0.282. The normalized spacial score (nSPS) is 18.7. The van der Waals surface area contributed by atoms with E-state index in [1.54, 1.807) is 23.1 Å². The quantitative estimate of drug-likeness (QED) is 0.108. The minimum absolute atomic E-state index is 0.126. The number of nitrogens with zero attached hydrogens (tertiary/aromatic N) is 3. The molecule has 2 aromatic heterocycles. The number of aromatic nitrogens is 2. The maximum Gasteiger partial charge on any atom is 0.303 e. The van der Waals surface area contributed by atoms with E-state index in [0.717, 1.165) is 55.6 Å². The summed E-state index contributed by atoms with van der Waals surface area (Å²) in [6, 6.07) is 25.0. The molecule has 7 rings (SSSR count). The zero-order valence-electron chi connectivity index (χ0n) is 28.0. The number of hydrogen-bond acceptors (Lipinski definition) is 7. The van der Waals surface area contributed by atoms with Gasteiger partial charge in [-0.05, 0) is 91.1 Å². The molecular weight excluding hydrogens is 687 g/mol. The number of benzene rings is 3. The fourth-order valence-electron chi connectivity index (χ4n) is 6.87. The highest BCUT2D eigenvalue weighted by atomic mass is 32.2. The third kappa shape index (κ3) is 7.32. The number of allylic oxidation sites excluding steroid dienone is 4. The van der Waals surface area contributed by atoms with Crippen molar-refractivity contribution in [2.75, 3.05) is 11.4 Å². The van der Waals surface area contributed by atoms with E-state index in [1.807, 2.05) is 24.3 Å². The third-order valence-electron chi connectivity index (χ3n) is 9.41. The number of thiazole rings is 1. The number of carboxylic acids is 1. The molecule has 3 aromatic carbocycles. The van der Waals surface area contributed by atoms with Crippen LogP contribution >= 0.6 is 23.1 Å². The monoisotopic (exact) mass is 725 g/mol. The molecule has 50 heavy (non-hydrogen) atoms. The number of anilines is 1. The molecule has 0 bridgehead atoms. The highest BCUT2D eigenvalue weighted by molar-refractivity contribution is 8.03. The minimum Gasteiger partial charge on any atom is -0.748 e. The molecule has 0 amide bonds. The van der Waals surface area contributed by atoms with E-state index >= 15 is 0 Å². The van der Waals surface area contributed by atoms with E-state index in [1.165, 1.54) is 22.8 Å². The fourth-order valence-corrected chi connectivity index (χ4v) is 9.58. The SMILES string of the molecule is CC1CC(/C=C2\Sc3ccc(-n4ccc5ccccc54)cc3N2CCC(C)S(=O)(=O)[O-])=CC(=C/c2sc3ccccc3[n+]2CCCC(=O)O)/C1. The van der Waals surface area contributed by atoms with Crippen molar-refractivity contribution in [1.82, 2.24) is 4.57 Å². The molecule has 3 heterocycles. The summed E-state index contributed by atoms with van der Waals surface area (Å²) in [5.74, 6) is -0.374. The summed E-state index contributed by atoms with van der Waals surface area (Å²) in [5.41, 5.74) is 6.64. The van der Waals surface area contributed by atoms with Crippen LogP contribution in [0.2, 0.25) is 0 Å². The van der Waals surface area contributed by atoms with E-state index in [-0.39, 0.29) is 12.8 Å². The molecule has 2 atom stereocenters. The van der Waals surface area contributed by atoms with Crippen molar-refractivity contribution in [3.05, 3.63) is 112 Å². The standard InChI is InChI=1S/C39H39N3O5S3/c1-26-20-28(23-37-41(17-7-12-39(43)44)33-10-5-6-11-35(33)48-37)22-29(21-26)24-38-42(18-15-27(2)50(45,46)47)34-25-31(13-14-36(34)49-38)40-19-16-30-8-3-4-9-32(30)40/h3-6,8-11,13-14,16,19,22-27H,7,12,15,17-18,20-21H2,1-2H3,(H-,43,44,45,46,47). The number of aliphatic carboxylic acids is 1. The van der Waals surface area contributed by atoms with Gasteiger partial charge in [-0.3, -0.25) is 4.79 Å². The Hall–Kier alpha value is -4.16. The molecule has 2 aliphatic rings. The van der Waals surface area contributed by atoms with E-state index in [4.69, 9.17) is 0 Å². The molecule has 11 heteroatoms. The number of para-hydroxylation sites is 2. The van der Waals surface area contributed by atoms with Crippen molar-refractivity contribution < 1.29 is 27.4 Å². The lowest BCUT2D eigenvalue weighted by Gasteiger charge is -2.25. The van der Waals surface area contributed by atoms with Crippen molar-refractivity contribution >= 4 is 72.1 Å². The third-order valence-corrected chi connectivity index (χ3v) is 12.9. The smallest absolute Gasteiger partial charge is 0.303 e. The lowest BCUT2D eigenvalue weighted by Crippen LogP contribution is -2.35. The maximum absolute atomic E-state index is 11.9. The van der Waals surface area contributed by atoms with E-state index in [9.17, 15) is 22.9 Å². The van der Waals surface area contributed by atoms with Crippen LogP contribution < -0.4 is 9.47 Å². The average molecular weight is 726 g/mol. The number of carboxylic acid groups (broad SMARTS) is 1. The molecule has 0 fully saturated rings. The van der Waals surface area contributed by atoms with Gasteiger partial charge in [-0.15, -0.1) is 0 Å². The van der Waals surface area contributed by atoms with Gasteiger partial charge >= 0.3 is 5.97 Å². The van der Waals surface area contributed by atoms with Crippen LogP contribution in [0.3, 0.4) is 0 Å². The first-order chi connectivity index (χ1) is 24.0. The van der Waals surface area contributed by atoms with Crippen LogP contribution in [0.5, 0.6) is 0 Å². The molecule has 0 spiro atoms. The number of hydrogen-bond donors (Lipinski definition) is 1. The second-order valence-corrected chi connectivity index (χ2v) is 17.1. The molecule has 5 aromatic rings. The van der Waals surface area contributed by atoms with Crippen LogP contribution in [0, 0.1) is 5.92 Å². The number of thioether (sulfide) groups is 1. The molecule has 0 saturated carbocycles. The molecule has 1 aliphatic carbocycles. The van der Waals surface area contributed by atoms with Gasteiger partial charge in [0.05, 0.1) is 32.8 Å². The minimum atomic E-state index is -4.41. The van der Waals surface area contributed by atoms with Gasteiger partial charge in [0.1, 0.15) is 4.70 Å². The van der Waals surface area contributed by atoms with Crippen LogP contribution in [0.15, 0.2) is 112 Å². The second-order valence-electron chi connectivity index (χ2n) is 13.2. The van der Waals surface area contributed by atoms with Gasteiger partial charge in [0.2, 0.25) is 5.52 Å². The van der Waals surface area contributed by atoms with Crippen molar-refractivity contribution in [3.8, 4) is 5.69 Å². The molecule has 0 radical (unpaired) electrons. The van der Waals surface area contributed by atoms with Crippen molar-refractivity contribution in [2.45, 2.75) is 62.6 Å². The van der Waals surface area contributed by atoms with Gasteiger partial charge in [-0.2, -0.15) is 4.57 Å². The van der Waals surface area contributed by atoms with Gasteiger partial charge in [0.25, 0.3) is 5.01 Å². The lowest BCUT2D eigenvalue weighted by atomic mass is 9.87. The van der Waals surface area contributed by atoms with E-state index in [0.29, 0.717) is 25.4 Å². The Bertz CT molecular complexity index is 2300. The number of aryl methyl sites for hydroxylation is 1. The van der Waals surface area contributed by atoms with Gasteiger partial charge in [-0.25, -0.2) is 8.42 Å². The Morgan fingerprint density at radius 1 is 1.08 bits per heavy atom. The molecule has 258 valence electrons. The Morgan fingerprint density at radius 3 is 2.70 bits per heavy atom. The van der Waals surface area contributed by atoms with Crippen molar-refractivity contribution in [1.29, 1.82) is 0 Å². The topological polar surface area (TPSA) is 107 Å². The molecule has 1 N–H and O–H groups in total. The van der Waals surface area contributed by atoms with Crippen LogP contribution in [0.4, 0.5) is 5.69 Å². The second kappa shape index (κ2) is 14.2. The molecule has 1 aliphatic heterocycles. The van der Waals surface area contributed by atoms with Crippen LogP contribution in [-0.4, -0.2) is 40.4 Å². The number of rotatable bonds is 11. The highest BCUT2D eigenvalue weighted by Crippen LogP contribution is 2.48. The predicted octanol–water partition coefficient (Wildman–Crippen LogP) is 8.51. The van der Waals surface area contributed by atoms with Crippen LogP contribution in [0.1, 0.15) is 51.0 Å². The van der Waals surface area contributed by atoms with Crippen molar-refractivity contribution in [3.63, 3.8) is 0 Å². The maximum atomic E-state index is 11.9. The van der Waals surface area contributed by atoms with Gasteiger partial charge in [-0.1, -0.05) is 66.4 Å².